The Labute approximate surface area is 104 Å². The molecule has 0 fully saturated rings. The molecule has 0 N–H and O–H groups in total. The van der Waals surface area contributed by atoms with Gasteiger partial charge in [-0.15, -0.1) is 0 Å². The number of fused-ring (bicyclic) bond motifs is 1. The molecule has 0 spiro atoms. The van der Waals surface area contributed by atoms with Crippen LogP contribution < -0.4 is 4.74 Å². The highest BCUT2D eigenvalue weighted by molar-refractivity contribution is 5.92. The van der Waals surface area contributed by atoms with Crippen molar-refractivity contribution in [1.82, 2.24) is 0 Å². The van der Waals surface area contributed by atoms with Crippen molar-refractivity contribution < 1.29 is 9.53 Å². The smallest absolute Gasteiger partial charge is 0.343 e. The molecule has 0 unspecified atom stereocenters. The summed E-state index contributed by atoms with van der Waals surface area (Å²) in [6.07, 6.45) is 0. The fourth-order valence-electron chi connectivity index (χ4n) is 1.76. The highest BCUT2D eigenvalue weighted by Crippen LogP contribution is 2.28. The molecule has 1 heterocycles. The summed E-state index contributed by atoms with van der Waals surface area (Å²) in [7, 11) is 0. The highest BCUT2D eigenvalue weighted by atomic mass is 16.5. The Morgan fingerprint density at radius 2 is 1.94 bits per heavy atom. The second-order valence-electron chi connectivity index (χ2n) is 3.95. The van der Waals surface area contributed by atoms with E-state index in [0.29, 0.717) is 17.9 Å². The molecule has 0 bridgehead atoms. The zero-order valence-corrected chi connectivity index (χ0v) is 9.54. The fourth-order valence-corrected chi connectivity index (χ4v) is 1.76. The normalized spacial score (nSPS) is 12.2. The van der Waals surface area contributed by atoms with Crippen LogP contribution in [0.5, 0.6) is 5.75 Å². The molecule has 0 atom stereocenters. The van der Waals surface area contributed by atoms with E-state index in [1.54, 1.807) is 24.3 Å². The maximum absolute atomic E-state index is 11.9. The van der Waals surface area contributed by atoms with Crippen molar-refractivity contribution in [3.8, 4) is 5.75 Å². The first-order chi connectivity index (χ1) is 8.83. The summed E-state index contributed by atoms with van der Waals surface area (Å²) in [5, 5.41) is 7.88. The van der Waals surface area contributed by atoms with Gasteiger partial charge in [0.2, 0.25) is 0 Å². The van der Waals surface area contributed by atoms with Gasteiger partial charge in [0.25, 0.3) is 0 Å². The molecule has 0 saturated heterocycles. The minimum atomic E-state index is -0.383. The van der Waals surface area contributed by atoms with Crippen LogP contribution in [0, 0.1) is 0 Å². The first-order valence-electron chi connectivity index (χ1n) is 5.60. The number of hydrogen-bond donors (Lipinski definition) is 0. The molecule has 18 heavy (non-hydrogen) atoms. The van der Waals surface area contributed by atoms with Crippen molar-refractivity contribution in [3.63, 3.8) is 0 Å². The number of hydrogen-bond acceptors (Lipinski definition) is 4. The third kappa shape index (κ3) is 2.00. The molecular formula is C14H10N2O2. The molecule has 0 amide bonds. The van der Waals surface area contributed by atoms with Gasteiger partial charge in [0, 0.05) is 5.56 Å². The maximum atomic E-state index is 11.9. The standard InChI is InChI=1S/C14H10N2O2/c17-14(18-12-4-2-1-3-5-12)10-6-7-11-9-15-16-13(11)8-10/h1-8H,9H2. The Bertz CT molecular complexity index is 621. The Kier molecular flexibility index (Phi) is 2.61. The molecule has 2 aromatic carbocycles. The molecule has 0 saturated carbocycles. The summed E-state index contributed by atoms with van der Waals surface area (Å²) < 4.78 is 5.25. The van der Waals surface area contributed by atoms with E-state index < -0.39 is 0 Å². The molecule has 4 heteroatoms. The number of carbonyl (C=O) groups is 1. The van der Waals surface area contributed by atoms with Gasteiger partial charge in [0.15, 0.2) is 0 Å². The zero-order valence-electron chi connectivity index (χ0n) is 9.54. The number of para-hydroxylation sites is 1. The Hall–Kier alpha value is -2.49. The predicted molar refractivity (Wildman–Crippen MR) is 66.1 cm³/mol. The minimum absolute atomic E-state index is 0.383. The molecule has 3 rings (SSSR count). The number of esters is 1. The highest BCUT2D eigenvalue weighted by Gasteiger charge is 2.13. The molecule has 0 aliphatic carbocycles. The number of benzene rings is 2. The van der Waals surface area contributed by atoms with Gasteiger partial charge in [-0.1, -0.05) is 24.3 Å². The summed E-state index contributed by atoms with van der Waals surface area (Å²) in [5.41, 5.74) is 2.27. The summed E-state index contributed by atoms with van der Waals surface area (Å²) in [6, 6.07) is 14.3. The van der Waals surface area contributed by atoms with Gasteiger partial charge < -0.3 is 4.74 Å². The van der Waals surface area contributed by atoms with Gasteiger partial charge in [-0.05, 0) is 24.3 Å². The first kappa shape index (κ1) is 10.7. The predicted octanol–water partition coefficient (Wildman–Crippen LogP) is 3.50. The molecule has 1 aliphatic rings. The van der Waals surface area contributed by atoms with Crippen LogP contribution in [0.3, 0.4) is 0 Å². The van der Waals surface area contributed by atoms with Gasteiger partial charge in [-0.3, -0.25) is 0 Å². The number of nitrogens with zero attached hydrogens (tertiary/aromatic N) is 2. The van der Waals surface area contributed by atoms with Crippen molar-refractivity contribution >= 4 is 11.7 Å². The maximum Gasteiger partial charge on any atom is 0.343 e. The molecule has 0 radical (unpaired) electrons. The molecule has 88 valence electrons. The first-order valence-corrected chi connectivity index (χ1v) is 5.60. The average molecular weight is 238 g/mol. The Morgan fingerprint density at radius 1 is 1.11 bits per heavy atom. The fraction of sp³-hybridized carbons (Fsp3) is 0.0714. The summed E-state index contributed by atoms with van der Waals surface area (Å²) in [5.74, 6) is 0.149. The summed E-state index contributed by atoms with van der Waals surface area (Å²) >= 11 is 0. The Morgan fingerprint density at radius 3 is 2.78 bits per heavy atom. The largest absolute Gasteiger partial charge is 0.423 e. The number of rotatable bonds is 2. The van der Waals surface area contributed by atoms with Crippen LogP contribution in [0.2, 0.25) is 0 Å². The monoisotopic (exact) mass is 238 g/mol. The van der Waals surface area contributed by atoms with Gasteiger partial charge in [0.05, 0.1) is 17.8 Å². The Balaban J connectivity index is 1.83. The molecule has 1 aliphatic heterocycles. The van der Waals surface area contributed by atoms with Crippen molar-refractivity contribution in [1.29, 1.82) is 0 Å². The van der Waals surface area contributed by atoms with Crippen molar-refractivity contribution in [2.24, 2.45) is 10.2 Å². The van der Waals surface area contributed by atoms with Gasteiger partial charge in [-0.2, -0.15) is 10.2 Å². The van der Waals surface area contributed by atoms with Crippen LogP contribution in [0.15, 0.2) is 58.8 Å². The second kappa shape index (κ2) is 4.41. The van der Waals surface area contributed by atoms with E-state index in [1.807, 2.05) is 24.3 Å². The number of ether oxygens (including phenoxy) is 1. The van der Waals surface area contributed by atoms with Crippen LogP contribution in [0.25, 0.3) is 0 Å². The summed E-state index contributed by atoms with van der Waals surface area (Å²) in [6.45, 7) is 0.587. The number of carbonyl (C=O) groups excluding carboxylic acids is 1. The van der Waals surface area contributed by atoms with E-state index in [0.717, 1.165) is 11.3 Å². The lowest BCUT2D eigenvalue weighted by Gasteiger charge is -2.04. The molecule has 2 aromatic rings. The van der Waals surface area contributed by atoms with Crippen LogP contribution >= 0.6 is 0 Å². The lowest BCUT2D eigenvalue weighted by atomic mass is 10.1. The minimum Gasteiger partial charge on any atom is -0.423 e. The molecule has 4 nitrogen and oxygen atoms in total. The van der Waals surface area contributed by atoms with Gasteiger partial charge in [-0.25, -0.2) is 4.79 Å². The van der Waals surface area contributed by atoms with Crippen LogP contribution in [0.1, 0.15) is 15.9 Å². The topological polar surface area (TPSA) is 51.0 Å². The van der Waals surface area contributed by atoms with E-state index in [1.165, 1.54) is 0 Å². The van der Waals surface area contributed by atoms with E-state index >= 15 is 0 Å². The number of azo groups is 1. The lowest BCUT2D eigenvalue weighted by molar-refractivity contribution is 0.0735. The van der Waals surface area contributed by atoms with E-state index in [9.17, 15) is 4.79 Å². The van der Waals surface area contributed by atoms with Crippen LogP contribution in [-0.2, 0) is 6.54 Å². The third-order valence-corrected chi connectivity index (χ3v) is 2.69. The zero-order chi connectivity index (χ0) is 12.4. The summed E-state index contributed by atoms with van der Waals surface area (Å²) in [4.78, 5) is 11.9. The van der Waals surface area contributed by atoms with Gasteiger partial charge >= 0.3 is 5.97 Å². The van der Waals surface area contributed by atoms with Crippen molar-refractivity contribution in [3.05, 3.63) is 59.7 Å². The van der Waals surface area contributed by atoms with Crippen molar-refractivity contribution in [2.75, 3.05) is 0 Å². The molecule has 0 aromatic heterocycles. The van der Waals surface area contributed by atoms with Gasteiger partial charge in [0.1, 0.15) is 5.75 Å². The van der Waals surface area contributed by atoms with E-state index in [-0.39, 0.29) is 5.97 Å². The molecular weight excluding hydrogens is 228 g/mol. The SMILES string of the molecule is O=C(Oc1ccccc1)c1ccc2c(c1)N=NC2. The van der Waals surface area contributed by atoms with E-state index in [4.69, 9.17) is 4.74 Å². The quantitative estimate of drug-likeness (QED) is 0.593. The van der Waals surface area contributed by atoms with E-state index in [2.05, 4.69) is 10.2 Å². The van der Waals surface area contributed by atoms with Crippen LogP contribution in [-0.4, -0.2) is 5.97 Å². The second-order valence-corrected chi connectivity index (χ2v) is 3.95. The van der Waals surface area contributed by atoms with Crippen molar-refractivity contribution in [2.45, 2.75) is 6.54 Å². The third-order valence-electron chi connectivity index (χ3n) is 2.69. The average Bonchev–Trinajstić information content (AvgIpc) is 2.87. The lowest BCUT2D eigenvalue weighted by Crippen LogP contribution is -2.08. The van der Waals surface area contributed by atoms with Crippen LogP contribution in [0.4, 0.5) is 5.69 Å².